The van der Waals surface area contributed by atoms with Crippen LogP contribution in [0.5, 0.6) is 5.75 Å². The molecule has 0 atom stereocenters. The van der Waals surface area contributed by atoms with Gasteiger partial charge < -0.3 is 9.30 Å². The van der Waals surface area contributed by atoms with Crippen LogP contribution in [0.1, 0.15) is 12.6 Å². The van der Waals surface area contributed by atoms with Gasteiger partial charge in [-0.25, -0.2) is 0 Å². The van der Waals surface area contributed by atoms with Crippen molar-refractivity contribution in [1.82, 2.24) is 4.57 Å². The fraction of sp³-hybridized carbons (Fsp3) is 0.100. The molecular formula is C20H17N3OS. The molecule has 0 radical (unpaired) electrons. The average molecular weight is 347 g/mol. The number of ether oxygens (including phenoxy) is 1. The molecule has 0 saturated carbocycles. The molecule has 0 N–H and O–H groups in total. The summed E-state index contributed by atoms with van der Waals surface area (Å²) in [5, 5.41) is 0.851. The van der Waals surface area contributed by atoms with Crippen molar-refractivity contribution in [3.8, 4) is 11.4 Å². The first-order chi connectivity index (χ1) is 12.3. The monoisotopic (exact) mass is 347 g/mol. The lowest BCUT2D eigenvalue weighted by atomic mass is 10.1. The van der Waals surface area contributed by atoms with E-state index in [1.165, 1.54) is 0 Å². The molecule has 2 aromatic rings. The van der Waals surface area contributed by atoms with Crippen molar-refractivity contribution in [3.63, 3.8) is 0 Å². The lowest BCUT2D eigenvalue weighted by Crippen LogP contribution is -2.10. The number of allylic oxidation sites excluding steroid dienone is 4. The molecular weight excluding hydrogens is 330 g/mol. The largest absolute Gasteiger partial charge is 0.494 e. The van der Waals surface area contributed by atoms with E-state index in [1.807, 2.05) is 67.7 Å². The van der Waals surface area contributed by atoms with Gasteiger partial charge in [-0.2, -0.15) is 0 Å². The minimum absolute atomic E-state index is 0.652. The van der Waals surface area contributed by atoms with Gasteiger partial charge >= 0.3 is 0 Å². The van der Waals surface area contributed by atoms with Gasteiger partial charge in [-0.3, -0.25) is 9.98 Å². The number of nitrogens with zero attached hydrogens (tertiary/aromatic N) is 3. The zero-order valence-electron chi connectivity index (χ0n) is 13.8. The summed E-state index contributed by atoms with van der Waals surface area (Å²) in [6.07, 6.45) is 9.52. The van der Waals surface area contributed by atoms with Gasteiger partial charge in [0.15, 0.2) is 0 Å². The molecule has 0 aliphatic carbocycles. The van der Waals surface area contributed by atoms with E-state index in [2.05, 4.69) is 27.2 Å². The molecule has 2 aliphatic heterocycles. The van der Waals surface area contributed by atoms with E-state index >= 15 is 0 Å². The summed E-state index contributed by atoms with van der Waals surface area (Å²) in [7, 11) is 0. The first-order valence-corrected chi connectivity index (χ1v) is 8.56. The van der Waals surface area contributed by atoms with Crippen molar-refractivity contribution in [3.05, 3.63) is 77.8 Å². The second-order valence-corrected chi connectivity index (χ2v) is 6.03. The normalized spacial score (nSPS) is 18.2. The van der Waals surface area contributed by atoms with Gasteiger partial charge in [0.05, 0.1) is 28.7 Å². The van der Waals surface area contributed by atoms with Gasteiger partial charge in [-0.1, -0.05) is 0 Å². The molecule has 124 valence electrons. The fourth-order valence-electron chi connectivity index (χ4n) is 2.95. The van der Waals surface area contributed by atoms with Crippen LogP contribution in [-0.2, 0) is 0 Å². The van der Waals surface area contributed by atoms with Crippen molar-refractivity contribution in [2.75, 3.05) is 6.61 Å². The number of aromatic nitrogens is 1. The SMILES string of the molecule is CCOc1ccc(-n2c(S)ccc2C2=NC=CC2=C2C=CC=N2)cc1. The Labute approximate surface area is 152 Å². The van der Waals surface area contributed by atoms with Crippen LogP contribution in [0.25, 0.3) is 5.69 Å². The third kappa shape index (κ3) is 2.87. The molecule has 0 spiro atoms. The standard InChI is InChI=1S/C20H17N3OS/c1-2-24-15-7-5-14(6-8-15)23-18(9-10-19(23)25)20-16(11-13-22-20)17-4-3-12-21-17/h3-13,25H,2H2,1H3. The average Bonchev–Trinajstić information content (AvgIpc) is 3.35. The predicted molar refractivity (Wildman–Crippen MR) is 105 cm³/mol. The van der Waals surface area contributed by atoms with Crippen molar-refractivity contribution >= 4 is 24.6 Å². The van der Waals surface area contributed by atoms with Crippen molar-refractivity contribution < 1.29 is 4.74 Å². The summed E-state index contributed by atoms with van der Waals surface area (Å²) in [5.41, 5.74) is 4.83. The van der Waals surface area contributed by atoms with E-state index in [0.29, 0.717) is 6.61 Å². The molecule has 1 aromatic carbocycles. The minimum Gasteiger partial charge on any atom is -0.494 e. The molecule has 1 aromatic heterocycles. The Hall–Kier alpha value is -2.79. The van der Waals surface area contributed by atoms with Crippen LogP contribution in [0.3, 0.4) is 0 Å². The second kappa shape index (κ2) is 6.61. The van der Waals surface area contributed by atoms with Crippen molar-refractivity contribution in [2.45, 2.75) is 11.9 Å². The van der Waals surface area contributed by atoms with Crippen molar-refractivity contribution in [1.29, 1.82) is 0 Å². The number of hydrogen-bond donors (Lipinski definition) is 1. The van der Waals surface area contributed by atoms with Gasteiger partial charge in [0, 0.05) is 23.7 Å². The molecule has 0 bridgehead atoms. The zero-order valence-corrected chi connectivity index (χ0v) is 14.6. The first kappa shape index (κ1) is 15.7. The first-order valence-electron chi connectivity index (χ1n) is 8.12. The highest BCUT2D eigenvalue weighted by Crippen LogP contribution is 2.28. The third-order valence-electron chi connectivity index (χ3n) is 4.04. The van der Waals surface area contributed by atoms with Gasteiger partial charge in [0.2, 0.25) is 0 Å². The smallest absolute Gasteiger partial charge is 0.119 e. The maximum Gasteiger partial charge on any atom is 0.119 e. The number of benzene rings is 1. The summed E-state index contributed by atoms with van der Waals surface area (Å²) in [5.74, 6) is 0.855. The quantitative estimate of drug-likeness (QED) is 0.819. The molecule has 0 saturated heterocycles. The molecule has 0 fully saturated rings. The molecule has 25 heavy (non-hydrogen) atoms. The number of hydrogen-bond acceptors (Lipinski definition) is 4. The minimum atomic E-state index is 0.652. The van der Waals surface area contributed by atoms with Crippen molar-refractivity contribution in [2.24, 2.45) is 9.98 Å². The molecule has 4 rings (SSSR count). The Bertz CT molecular complexity index is 945. The van der Waals surface area contributed by atoms with E-state index in [1.54, 1.807) is 6.21 Å². The van der Waals surface area contributed by atoms with E-state index in [9.17, 15) is 0 Å². The molecule has 3 heterocycles. The highest BCUT2D eigenvalue weighted by atomic mass is 32.1. The molecule has 0 amide bonds. The highest BCUT2D eigenvalue weighted by molar-refractivity contribution is 7.80. The maximum atomic E-state index is 5.53. The Morgan fingerprint density at radius 2 is 1.92 bits per heavy atom. The van der Waals surface area contributed by atoms with Crippen LogP contribution in [0.15, 0.2) is 87.1 Å². The molecule has 5 heteroatoms. The van der Waals surface area contributed by atoms with Gasteiger partial charge in [-0.15, -0.1) is 12.6 Å². The Morgan fingerprint density at radius 3 is 2.64 bits per heavy atom. The zero-order chi connectivity index (χ0) is 17.2. The molecule has 4 nitrogen and oxygen atoms in total. The summed E-state index contributed by atoms with van der Waals surface area (Å²) < 4.78 is 7.61. The lowest BCUT2D eigenvalue weighted by Gasteiger charge is -2.13. The number of thiol groups is 1. The fourth-order valence-corrected chi connectivity index (χ4v) is 3.24. The van der Waals surface area contributed by atoms with Gasteiger partial charge in [0.25, 0.3) is 0 Å². The van der Waals surface area contributed by atoms with E-state index in [4.69, 9.17) is 4.74 Å². The topological polar surface area (TPSA) is 38.9 Å². The third-order valence-corrected chi connectivity index (χ3v) is 4.39. The van der Waals surface area contributed by atoms with Crippen LogP contribution >= 0.6 is 12.6 Å². The summed E-state index contributed by atoms with van der Waals surface area (Å²) in [4.78, 5) is 8.97. The Kier molecular flexibility index (Phi) is 4.15. The highest BCUT2D eigenvalue weighted by Gasteiger charge is 2.20. The van der Waals surface area contributed by atoms with Crippen LogP contribution in [-0.4, -0.2) is 23.1 Å². The summed E-state index contributed by atoms with van der Waals surface area (Å²) in [6, 6.07) is 12.0. The van der Waals surface area contributed by atoms with Gasteiger partial charge in [0.1, 0.15) is 5.75 Å². The Balaban J connectivity index is 1.77. The van der Waals surface area contributed by atoms with E-state index in [0.717, 1.165) is 39.1 Å². The lowest BCUT2D eigenvalue weighted by molar-refractivity contribution is 0.340. The van der Waals surface area contributed by atoms with Crippen LogP contribution in [0, 0.1) is 0 Å². The molecule has 2 aliphatic rings. The van der Waals surface area contributed by atoms with Gasteiger partial charge in [-0.05, 0) is 61.5 Å². The van der Waals surface area contributed by atoms with Crippen LogP contribution in [0.4, 0.5) is 0 Å². The predicted octanol–water partition coefficient (Wildman–Crippen LogP) is 4.38. The summed E-state index contributed by atoms with van der Waals surface area (Å²) >= 11 is 4.63. The Morgan fingerprint density at radius 1 is 1.08 bits per heavy atom. The van der Waals surface area contributed by atoms with E-state index in [-0.39, 0.29) is 0 Å². The second-order valence-electron chi connectivity index (χ2n) is 5.57. The molecule has 0 unspecified atom stereocenters. The van der Waals surface area contributed by atoms with E-state index < -0.39 is 0 Å². The van der Waals surface area contributed by atoms with Crippen LogP contribution in [0.2, 0.25) is 0 Å². The van der Waals surface area contributed by atoms with Crippen LogP contribution < -0.4 is 4.74 Å². The number of aliphatic imine (C=N–C) groups is 2. The summed E-state index contributed by atoms with van der Waals surface area (Å²) in [6.45, 7) is 2.63. The number of rotatable bonds is 4. The maximum absolute atomic E-state index is 5.53.